The van der Waals surface area contributed by atoms with Gasteiger partial charge in [0.25, 0.3) is 5.78 Å². The molecular formula is C15H14F3N5. The molecule has 1 aromatic carbocycles. The van der Waals surface area contributed by atoms with Gasteiger partial charge in [-0.05, 0) is 24.1 Å². The van der Waals surface area contributed by atoms with E-state index < -0.39 is 12.6 Å². The lowest BCUT2D eigenvalue weighted by atomic mass is 10.1. The molecule has 5 nitrogen and oxygen atoms in total. The molecule has 120 valence electrons. The summed E-state index contributed by atoms with van der Waals surface area (Å²) in [4.78, 5) is 8.37. The summed E-state index contributed by atoms with van der Waals surface area (Å²) in [6, 6.07) is 8.02. The van der Waals surface area contributed by atoms with E-state index in [-0.39, 0.29) is 5.56 Å². The molecule has 0 fully saturated rings. The molecule has 2 aromatic heterocycles. The van der Waals surface area contributed by atoms with Crippen molar-refractivity contribution < 1.29 is 13.2 Å². The predicted octanol–water partition coefficient (Wildman–Crippen LogP) is 3.54. The molecule has 0 aliphatic heterocycles. The van der Waals surface area contributed by atoms with Crippen LogP contribution in [0, 0.1) is 0 Å². The zero-order valence-corrected chi connectivity index (χ0v) is 12.3. The van der Waals surface area contributed by atoms with E-state index in [2.05, 4.69) is 20.4 Å². The summed E-state index contributed by atoms with van der Waals surface area (Å²) in [5.74, 6) is 1.05. The first kappa shape index (κ1) is 15.3. The molecule has 8 heteroatoms. The Morgan fingerprint density at radius 1 is 1.22 bits per heavy atom. The van der Waals surface area contributed by atoms with E-state index in [0.717, 1.165) is 5.69 Å². The largest absolute Gasteiger partial charge is 0.393 e. The van der Waals surface area contributed by atoms with Crippen LogP contribution in [0.2, 0.25) is 0 Å². The molecule has 0 unspecified atom stereocenters. The van der Waals surface area contributed by atoms with E-state index in [1.165, 1.54) is 23.0 Å². The van der Waals surface area contributed by atoms with Gasteiger partial charge in [-0.1, -0.05) is 19.1 Å². The first-order valence-electron chi connectivity index (χ1n) is 7.07. The van der Waals surface area contributed by atoms with E-state index in [4.69, 9.17) is 0 Å². The number of benzene rings is 1. The quantitative estimate of drug-likeness (QED) is 0.798. The Kier molecular flexibility index (Phi) is 3.89. The highest BCUT2D eigenvalue weighted by atomic mass is 19.4. The summed E-state index contributed by atoms with van der Waals surface area (Å²) in [6.45, 7) is 1.96. The van der Waals surface area contributed by atoms with E-state index in [1.54, 1.807) is 18.2 Å². The molecule has 0 atom stereocenters. The van der Waals surface area contributed by atoms with Crippen molar-refractivity contribution in [3.05, 3.63) is 47.9 Å². The maximum absolute atomic E-state index is 12.5. The molecule has 0 amide bonds. The van der Waals surface area contributed by atoms with Gasteiger partial charge in [-0.2, -0.15) is 27.8 Å². The number of halogens is 3. The first-order valence-corrected chi connectivity index (χ1v) is 7.07. The molecule has 0 spiro atoms. The average molecular weight is 321 g/mol. The predicted molar refractivity (Wildman–Crippen MR) is 79.6 cm³/mol. The summed E-state index contributed by atoms with van der Waals surface area (Å²) < 4.78 is 39.1. The normalized spacial score (nSPS) is 11.8. The number of nitrogens with zero attached hydrogens (tertiary/aromatic N) is 4. The SMILES string of the molecule is CCc1cc(Nc2cccc(CC(F)(F)F)c2)n2ncnc2n1. The fraction of sp³-hybridized carbons (Fsp3) is 0.267. The number of anilines is 2. The number of fused-ring (bicyclic) bond motifs is 1. The Morgan fingerprint density at radius 3 is 2.78 bits per heavy atom. The number of aromatic nitrogens is 4. The van der Waals surface area contributed by atoms with E-state index in [0.29, 0.717) is 23.7 Å². The van der Waals surface area contributed by atoms with Crippen molar-refractivity contribution in [2.24, 2.45) is 0 Å². The van der Waals surface area contributed by atoms with Crippen molar-refractivity contribution in [1.29, 1.82) is 0 Å². The Labute approximate surface area is 130 Å². The van der Waals surface area contributed by atoms with Crippen molar-refractivity contribution in [3.63, 3.8) is 0 Å². The monoisotopic (exact) mass is 321 g/mol. The minimum Gasteiger partial charge on any atom is -0.340 e. The van der Waals surface area contributed by atoms with Crippen molar-refractivity contribution in [2.75, 3.05) is 5.32 Å². The van der Waals surface area contributed by atoms with Crippen molar-refractivity contribution >= 4 is 17.3 Å². The second kappa shape index (κ2) is 5.86. The van der Waals surface area contributed by atoms with Crippen LogP contribution >= 0.6 is 0 Å². The van der Waals surface area contributed by atoms with Gasteiger partial charge in [0, 0.05) is 17.4 Å². The first-order chi connectivity index (χ1) is 10.9. The minimum absolute atomic E-state index is 0.196. The third-order valence-electron chi connectivity index (χ3n) is 3.27. The second-order valence-electron chi connectivity index (χ2n) is 5.08. The van der Waals surface area contributed by atoms with Gasteiger partial charge in [0.2, 0.25) is 0 Å². The lowest BCUT2D eigenvalue weighted by Gasteiger charge is -2.11. The smallest absolute Gasteiger partial charge is 0.340 e. The molecule has 0 bridgehead atoms. The van der Waals surface area contributed by atoms with Gasteiger partial charge >= 0.3 is 6.18 Å². The highest BCUT2D eigenvalue weighted by molar-refractivity contribution is 5.59. The molecule has 1 N–H and O–H groups in total. The van der Waals surface area contributed by atoms with Gasteiger partial charge in [0.05, 0.1) is 6.42 Å². The Hall–Kier alpha value is -2.64. The Balaban J connectivity index is 1.93. The summed E-state index contributed by atoms with van der Waals surface area (Å²) in [6.07, 6.45) is -3.10. The summed E-state index contributed by atoms with van der Waals surface area (Å²) in [5.41, 5.74) is 1.57. The Bertz CT molecular complexity index is 825. The number of nitrogens with one attached hydrogen (secondary N) is 1. The van der Waals surface area contributed by atoms with Gasteiger partial charge in [-0.25, -0.2) is 4.98 Å². The summed E-state index contributed by atoms with van der Waals surface area (Å²) in [5, 5.41) is 7.16. The third kappa shape index (κ3) is 3.58. The summed E-state index contributed by atoms with van der Waals surface area (Å²) in [7, 11) is 0. The number of alkyl halides is 3. The Morgan fingerprint density at radius 2 is 2.04 bits per heavy atom. The molecule has 0 aliphatic rings. The van der Waals surface area contributed by atoms with Gasteiger partial charge in [-0.3, -0.25) is 0 Å². The molecule has 3 rings (SSSR count). The topological polar surface area (TPSA) is 55.1 Å². The number of aryl methyl sites for hydroxylation is 1. The van der Waals surface area contributed by atoms with Crippen molar-refractivity contribution in [2.45, 2.75) is 25.9 Å². The van der Waals surface area contributed by atoms with Crippen LogP contribution in [0.15, 0.2) is 36.7 Å². The lowest BCUT2D eigenvalue weighted by Crippen LogP contribution is -2.11. The van der Waals surface area contributed by atoms with Gasteiger partial charge in [0.15, 0.2) is 0 Å². The molecule has 0 saturated carbocycles. The zero-order chi connectivity index (χ0) is 16.4. The minimum atomic E-state index is -4.23. The van der Waals surface area contributed by atoms with E-state index in [1.807, 2.05) is 6.92 Å². The lowest BCUT2D eigenvalue weighted by molar-refractivity contribution is -0.127. The number of hydrogen-bond acceptors (Lipinski definition) is 4. The van der Waals surface area contributed by atoms with Crippen molar-refractivity contribution in [1.82, 2.24) is 19.6 Å². The maximum Gasteiger partial charge on any atom is 0.393 e. The van der Waals surface area contributed by atoms with Crippen LogP contribution in [0.3, 0.4) is 0 Å². The van der Waals surface area contributed by atoms with Crippen LogP contribution in [0.25, 0.3) is 5.78 Å². The van der Waals surface area contributed by atoms with Gasteiger partial charge in [-0.15, -0.1) is 0 Å². The molecule has 3 aromatic rings. The third-order valence-corrected chi connectivity index (χ3v) is 3.27. The molecule has 2 heterocycles. The highest BCUT2D eigenvalue weighted by Gasteiger charge is 2.27. The number of hydrogen-bond donors (Lipinski definition) is 1. The van der Waals surface area contributed by atoms with Crippen LogP contribution in [0.5, 0.6) is 0 Å². The summed E-state index contributed by atoms with van der Waals surface area (Å²) >= 11 is 0. The number of rotatable bonds is 4. The van der Waals surface area contributed by atoms with E-state index >= 15 is 0 Å². The van der Waals surface area contributed by atoms with Crippen LogP contribution in [-0.2, 0) is 12.8 Å². The fourth-order valence-corrected chi connectivity index (χ4v) is 2.27. The second-order valence-corrected chi connectivity index (χ2v) is 5.08. The zero-order valence-electron chi connectivity index (χ0n) is 12.3. The molecule has 23 heavy (non-hydrogen) atoms. The average Bonchev–Trinajstić information content (AvgIpc) is 2.94. The van der Waals surface area contributed by atoms with Crippen LogP contribution in [0.4, 0.5) is 24.7 Å². The maximum atomic E-state index is 12.5. The molecule has 0 radical (unpaired) electrons. The highest BCUT2D eigenvalue weighted by Crippen LogP contribution is 2.24. The fourth-order valence-electron chi connectivity index (χ4n) is 2.27. The van der Waals surface area contributed by atoms with Gasteiger partial charge in [0.1, 0.15) is 12.1 Å². The van der Waals surface area contributed by atoms with Gasteiger partial charge < -0.3 is 5.32 Å². The van der Waals surface area contributed by atoms with Crippen molar-refractivity contribution in [3.8, 4) is 0 Å². The van der Waals surface area contributed by atoms with E-state index in [9.17, 15) is 13.2 Å². The molecular weight excluding hydrogens is 307 g/mol. The van der Waals surface area contributed by atoms with Crippen LogP contribution in [-0.4, -0.2) is 25.8 Å². The van der Waals surface area contributed by atoms with Crippen LogP contribution in [0.1, 0.15) is 18.2 Å². The molecule has 0 aliphatic carbocycles. The standard InChI is InChI=1S/C15H14F3N5/c1-2-11-7-13(23-14(22-11)19-9-20-23)21-12-5-3-4-10(6-12)8-15(16,17)18/h3-7,9,21H,2,8H2,1H3. The molecule has 0 saturated heterocycles. The van der Waals surface area contributed by atoms with Crippen LogP contribution < -0.4 is 5.32 Å².